The minimum absolute atomic E-state index is 0.268. The van der Waals surface area contributed by atoms with Crippen molar-refractivity contribution < 1.29 is 9.53 Å². The lowest BCUT2D eigenvalue weighted by Crippen LogP contribution is -2.55. The number of primary amides is 1. The highest BCUT2D eigenvalue weighted by atomic mass is 16.5. The monoisotopic (exact) mass is 241 g/mol. The minimum Gasteiger partial charge on any atom is -0.372 e. The molecule has 0 aromatic carbocycles. The van der Waals surface area contributed by atoms with Gasteiger partial charge >= 0.3 is 0 Å². The SMILES string of the molecule is CC(CC(C)(N)C(N)=O)N1CC2CCC(C1)O2. The molecule has 2 fully saturated rings. The molecule has 17 heavy (non-hydrogen) atoms. The Kier molecular flexibility index (Phi) is 3.43. The minimum atomic E-state index is -0.920. The van der Waals surface area contributed by atoms with Gasteiger partial charge < -0.3 is 16.2 Å². The summed E-state index contributed by atoms with van der Waals surface area (Å²) in [6, 6.07) is 0.268. The Morgan fingerprint density at radius 3 is 2.47 bits per heavy atom. The van der Waals surface area contributed by atoms with E-state index in [2.05, 4.69) is 11.8 Å². The van der Waals surface area contributed by atoms with Crippen LogP contribution in [0.3, 0.4) is 0 Å². The van der Waals surface area contributed by atoms with Crippen molar-refractivity contribution in [2.45, 2.75) is 56.9 Å². The Hall–Kier alpha value is -0.650. The Balaban J connectivity index is 1.92. The van der Waals surface area contributed by atoms with Gasteiger partial charge in [0.2, 0.25) is 5.91 Å². The number of likely N-dealkylation sites (tertiary alicyclic amines) is 1. The van der Waals surface area contributed by atoms with Crippen LogP contribution in [0.25, 0.3) is 0 Å². The smallest absolute Gasteiger partial charge is 0.237 e. The predicted molar refractivity (Wildman–Crippen MR) is 65.3 cm³/mol. The van der Waals surface area contributed by atoms with Crippen LogP contribution >= 0.6 is 0 Å². The highest BCUT2D eigenvalue weighted by molar-refractivity contribution is 5.83. The molecule has 4 N–H and O–H groups in total. The predicted octanol–water partition coefficient (Wildman–Crippen LogP) is -0.169. The summed E-state index contributed by atoms with van der Waals surface area (Å²) in [4.78, 5) is 13.6. The molecule has 4 unspecified atom stereocenters. The second-order valence-corrected chi connectivity index (χ2v) is 5.75. The van der Waals surface area contributed by atoms with Gasteiger partial charge in [-0.25, -0.2) is 0 Å². The number of ether oxygens (including phenoxy) is 1. The summed E-state index contributed by atoms with van der Waals surface area (Å²) >= 11 is 0. The van der Waals surface area contributed by atoms with Crippen molar-refractivity contribution >= 4 is 5.91 Å². The lowest BCUT2D eigenvalue weighted by molar-refractivity contribution is -0.123. The molecule has 0 aromatic heterocycles. The number of morpholine rings is 1. The number of hydrogen-bond acceptors (Lipinski definition) is 4. The average molecular weight is 241 g/mol. The van der Waals surface area contributed by atoms with E-state index < -0.39 is 11.4 Å². The number of hydrogen-bond donors (Lipinski definition) is 2. The molecule has 5 heteroatoms. The topological polar surface area (TPSA) is 81.6 Å². The molecule has 1 amide bonds. The number of nitrogens with two attached hydrogens (primary N) is 2. The third-order valence-electron chi connectivity index (χ3n) is 3.98. The van der Waals surface area contributed by atoms with Crippen molar-refractivity contribution in [1.82, 2.24) is 4.90 Å². The molecule has 0 spiro atoms. The molecule has 2 rings (SSSR count). The molecular formula is C12H23N3O2. The Morgan fingerprint density at radius 2 is 2.00 bits per heavy atom. The van der Waals surface area contributed by atoms with Crippen LogP contribution in [0.2, 0.25) is 0 Å². The Labute approximate surface area is 102 Å². The average Bonchev–Trinajstić information content (AvgIpc) is 2.56. The van der Waals surface area contributed by atoms with Crippen LogP contribution in [0, 0.1) is 0 Å². The number of carbonyl (C=O) groups excluding carboxylic acids is 1. The highest BCUT2D eigenvalue weighted by Gasteiger charge is 2.37. The second-order valence-electron chi connectivity index (χ2n) is 5.75. The highest BCUT2D eigenvalue weighted by Crippen LogP contribution is 2.28. The van der Waals surface area contributed by atoms with Gasteiger partial charge in [-0.3, -0.25) is 9.69 Å². The van der Waals surface area contributed by atoms with E-state index in [1.165, 1.54) is 0 Å². The maximum atomic E-state index is 11.2. The molecule has 2 saturated heterocycles. The van der Waals surface area contributed by atoms with Gasteiger partial charge in [-0.2, -0.15) is 0 Å². The molecule has 2 heterocycles. The van der Waals surface area contributed by atoms with Crippen molar-refractivity contribution in [2.24, 2.45) is 11.5 Å². The number of rotatable bonds is 4. The number of amides is 1. The van der Waals surface area contributed by atoms with Gasteiger partial charge in [0, 0.05) is 19.1 Å². The van der Waals surface area contributed by atoms with Crippen molar-refractivity contribution in [2.75, 3.05) is 13.1 Å². The van der Waals surface area contributed by atoms with Gasteiger partial charge in [0.05, 0.1) is 17.7 Å². The Morgan fingerprint density at radius 1 is 1.47 bits per heavy atom. The van der Waals surface area contributed by atoms with E-state index in [1.807, 2.05) is 0 Å². The number of fused-ring (bicyclic) bond motifs is 2. The lowest BCUT2D eigenvalue weighted by Gasteiger charge is -2.38. The van der Waals surface area contributed by atoms with Crippen molar-refractivity contribution in [3.05, 3.63) is 0 Å². The largest absolute Gasteiger partial charge is 0.372 e. The van der Waals surface area contributed by atoms with E-state index in [0.717, 1.165) is 25.9 Å². The van der Waals surface area contributed by atoms with E-state index in [1.54, 1.807) is 6.92 Å². The van der Waals surface area contributed by atoms with E-state index in [9.17, 15) is 4.79 Å². The van der Waals surface area contributed by atoms with Crippen LogP contribution in [-0.2, 0) is 9.53 Å². The summed E-state index contributed by atoms with van der Waals surface area (Å²) in [6.07, 6.45) is 3.65. The molecule has 2 bridgehead atoms. The number of carbonyl (C=O) groups is 1. The van der Waals surface area contributed by atoms with Gasteiger partial charge in [0.15, 0.2) is 0 Å². The standard InChI is InChI=1S/C12H23N3O2/c1-8(5-12(2,14)11(13)16)15-6-9-3-4-10(7-15)17-9/h8-10H,3-7,14H2,1-2H3,(H2,13,16). The maximum Gasteiger partial charge on any atom is 0.237 e. The molecule has 5 nitrogen and oxygen atoms in total. The zero-order valence-electron chi connectivity index (χ0n) is 10.7. The van der Waals surface area contributed by atoms with E-state index >= 15 is 0 Å². The molecule has 0 aromatic rings. The molecule has 98 valence electrons. The van der Waals surface area contributed by atoms with Crippen molar-refractivity contribution in [1.29, 1.82) is 0 Å². The normalized spacial score (nSPS) is 34.3. The van der Waals surface area contributed by atoms with Gasteiger partial charge in [0.25, 0.3) is 0 Å². The summed E-state index contributed by atoms with van der Waals surface area (Å²) in [5.41, 5.74) is 10.3. The summed E-state index contributed by atoms with van der Waals surface area (Å²) in [6.45, 7) is 5.72. The fraction of sp³-hybridized carbons (Fsp3) is 0.917. The third kappa shape index (κ3) is 2.78. The van der Waals surface area contributed by atoms with E-state index in [4.69, 9.17) is 16.2 Å². The second kappa shape index (κ2) is 4.55. The quantitative estimate of drug-likeness (QED) is 0.716. The van der Waals surface area contributed by atoms with Gasteiger partial charge in [-0.1, -0.05) is 0 Å². The zero-order valence-corrected chi connectivity index (χ0v) is 10.7. The first-order chi connectivity index (χ1) is 7.88. The van der Waals surface area contributed by atoms with E-state index in [-0.39, 0.29) is 6.04 Å². The summed E-state index contributed by atoms with van der Waals surface area (Å²) in [5, 5.41) is 0. The summed E-state index contributed by atoms with van der Waals surface area (Å²) < 4.78 is 5.79. The first kappa shape index (κ1) is 12.8. The summed E-state index contributed by atoms with van der Waals surface area (Å²) in [5.74, 6) is -0.430. The Bertz CT molecular complexity index is 294. The first-order valence-corrected chi connectivity index (χ1v) is 6.37. The fourth-order valence-corrected chi connectivity index (χ4v) is 2.85. The van der Waals surface area contributed by atoms with Gasteiger partial charge in [-0.15, -0.1) is 0 Å². The lowest BCUT2D eigenvalue weighted by atomic mass is 9.93. The fourth-order valence-electron chi connectivity index (χ4n) is 2.85. The van der Waals surface area contributed by atoms with Crippen LogP contribution < -0.4 is 11.5 Å². The molecule has 0 radical (unpaired) electrons. The van der Waals surface area contributed by atoms with Gasteiger partial charge in [0.1, 0.15) is 0 Å². The van der Waals surface area contributed by atoms with Crippen LogP contribution in [0.5, 0.6) is 0 Å². The molecule has 4 atom stereocenters. The molecular weight excluding hydrogens is 218 g/mol. The number of nitrogens with zero attached hydrogens (tertiary/aromatic N) is 1. The van der Waals surface area contributed by atoms with Crippen LogP contribution in [0.4, 0.5) is 0 Å². The van der Waals surface area contributed by atoms with Gasteiger partial charge in [-0.05, 0) is 33.1 Å². The molecule has 0 saturated carbocycles. The summed E-state index contributed by atoms with van der Waals surface area (Å²) in [7, 11) is 0. The zero-order chi connectivity index (χ0) is 12.6. The van der Waals surface area contributed by atoms with Crippen LogP contribution in [0.1, 0.15) is 33.1 Å². The van der Waals surface area contributed by atoms with Crippen LogP contribution in [-0.4, -0.2) is 47.7 Å². The van der Waals surface area contributed by atoms with Crippen LogP contribution in [0.15, 0.2) is 0 Å². The van der Waals surface area contributed by atoms with Crippen molar-refractivity contribution in [3.8, 4) is 0 Å². The molecule has 2 aliphatic heterocycles. The first-order valence-electron chi connectivity index (χ1n) is 6.37. The third-order valence-corrected chi connectivity index (χ3v) is 3.98. The molecule has 0 aliphatic carbocycles. The molecule has 2 aliphatic rings. The van der Waals surface area contributed by atoms with Crippen molar-refractivity contribution in [3.63, 3.8) is 0 Å². The van der Waals surface area contributed by atoms with E-state index in [0.29, 0.717) is 18.6 Å². The maximum absolute atomic E-state index is 11.2.